The summed E-state index contributed by atoms with van der Waals surface area (Å²) in [4.78, 5) is 20.1. The third-order valence-corrected chi connectivity index (χ3v) is 0.984. The fourth-order valence-corrected chi connectivity index (χ4v) is 0.434. The zero-order valence-corrected chi connectivity index (χ0v) is 6.10. The Labute approximate surface area is 63.9 Å². The van der Waals surface area contributed by atoms with E-state index in [-0.39, 0.29) is 0 Å². The molecule has 0 aliphatic heterocycles. The van der Waals surface area contributed by atoms with E-state index >= 15 is 0 Å². The molecule has 0 aromatic rings. The molecule has 5 nitrogen and oxygen atoms in total. The third-order valence-electron chi connectivity index (χ3n) is 0.984. The highest BCUT2D eigenvalue weighted by Crippen LogP contribution is 1.93. The van der Waals surface area contributed by atoms with Gasteiger partial charge in [-0.15, -0.1) is 0 Å². The monoisotopic (exact) mass is 162 g/mol. The zero-order valence-electron chi connectivity index (χ0n) is 6.10. The van der Waals surface area contributed by atoms with Crippen LogP contribution in [-0.2, 0) is 19.1 Å². The van der Waals surface area contributed by atoms with Crippen LogP contribution >= 0.6 is 0 Å². The van der Waals surface area contributed by atoms with E-state index in [1.807, 2.05) is 0 Å². The summed E-state index contributed by atoms with van der Waals surface area (Å²) < 4.78 is 9.11. The number of carbonyl (C=O) groups excluding carboxylic acids is 2. The fourth-order valence-electron chi connectivity index (χ4n) is 0.434. The molecule has 0 radical (unpaired) electrons. The topological polar surface area (TPSA) is 72.8 Å². The van der Waals surface area contributed by atoms with Crippen molar-refractivity contribution in [2.45, 2.75) is 12.4 Å². The molecule has 0 aromatic carbocycles. The summed E-state index contributed by atoms with van der Waals surface area (Å²) in [6.07, 6.45) is -1.29. The molecule has 0 spiro atoms. The molecule has 1 N–H and O–H groups in total. The van der Waals surface area contributed by atoms with E-state index in [4.69, 9.17) is 5.11 Å². The van der Waals surface area contributed by atoms with Gasteiger partial charge in [0.2, 0.25) is 6.29 Å². The number of aliphatic hydroxyl groups is 1. The molecule has 2 atom stereocenters. The molecule has 0 aromatic heterocycles. The average molecular weight is 162 g/mol. The maximum Gasteiger partial charge on any atom is 0.215 e. The zero-order chi connectivity index (χ0) is 8.69. The second-order valence-electron chi connectivity index (χ2n) is 1.73. The number of aliphatic hydroxyl groups excluding tert-OH is 1. The normalized spacial score (nSPS) is 15.5. The SMILES string of the molecule is COC(C=O)OC(C=O)CO. The Hall–Kier alpha value is -0.780. The predicted molar refractivity (Wildman–Crippen MR) is 34.9 cm³/mol. The Morgan fingerprint density at radius 1 is 1.45 bits per heavy atom. The fraction of sp³-hybridized carbons (Fsp3) is 0.667. The first kappa shape index (κ1) is 10.2. The van der Waals surface area contributed by atoms with Crippen LogP contribution in [0.3, 0.4) is 0 Å². The number of hydrogen-bond donors (Lipinski definition) is 1. The molecule has 0 saturated heterocycles. The van der Waals surface area contributed by atoms with Crippen LogP contribution in [0, 0.1) is 0 Å². The van der Waals surface area contributed by atoms with Crippen molar-refractivity contribution in [3.05, 3.63) is 0 Å². The van der Waals surface area contributed by atoms with Gasteiger partial charge < -0.3 is 19.4 Å². The average Bonchev–Trinajstić information content (AvgIpc) is 2.07. The van der Waals surface area contributed by atoms with E-state index in [0.29, 0.717) is 12.6 Å². The van der Waals surface area contributed by atoms with Crippen LogP contribution in [0.5, 0.6) is 0 Å². The van der Waals surface area contributed by atoms with Crippen LogP contribution in [0.25, 0.3) is 0 Å². The van der Waals surface area contributed by atoms with Gasteiger partial charge in [-0.1, -0.05) is 0 Å². The van der Waals surface area contributed by atoms with E-state index in [0.717, 1.165) is 0 Å². The first-order valence-electron chi connectivity index (χ1n) is 2.98. The standard InChI is InChI=1S/C6H10O5/c1-10-6(4-9)11-5(2-7)3-8/h2,4-6,8H,3H2,1H3. The highest BCUT2D eigenvalue weighted by molar-refractivity contribution is 5.58. The van der Waals surface area contributed by atoms with Gasteiger partial charge in [-0.05, 0) is 0 Å². The van der Waals surface area contributed by atoms with Crippen LogP contribution in [0.1, 0.15) is 0 Å². The lowest BCUT2D eigenvalue weighted by molar-refractivity contribution is -0.169. The first-order chi connectivity index (χ1) is 5.28. The molecule has 0 rings (SSSR count). The van der Waals surface area contributed by atoms with Gasteiger partial charge in [0, 0.05) is 7.11 Å². The van der Waals surface area contributed by atoms with E-state index in [9.17, 15) is 9.59 Å². The summed E-state index contributed by atoms with van der Waals surface area (Å²) in [5.74, 6) is 0. The van der Waals surface area contributed by atoms with Crippen molar-refractivity contribution in [2.75, 3.05) is 13.7 Å². The van der Waals surface area contributed by atoms with Crippen LogP contribution < -0.4 is 0 Å². The van der Waals surface area contributed by atoms with E-state index in [1.54, 1.807) is 0 Å². The molecule has 0 fully saturated rings. The van der Waals surface area contributed by atoms with E-state index in [1.165, 1.54) is 7.11 Å². The number of hydrogen-bond acceptors (Lipinski definition) is 5. The van der Waals surface area contributed by atoms with Gasteiger partial charge in [0.1, 0.15) is 6.10 Å². The Kier molecular flexibility index (Phi) is 5.54. The van der Waals surface area contributed by atoms with E-state index < -0.39 is 19.0 Å². The molecular weight excluding hydrogens is 152 g/mol. The highest BCUT2D eigenvalue weighted by Gasteiger charge is 2.12. The maximum absolute atomic E-state index is 10.1. The number of ether oxygens (including phenoxy) is 2. The van der Waals surface area contributed by atoms with Crippen molar-refractivity contribution >= 4 is 12.6 Å². The Morgan fingerprint density at radius 3 is 2.36 bits per heavy atom. The first-order valence-corrected chi connectivity index (χ1v) is 2.98. The predicted octanol–water partition coefficient (Wildman–Crippen LogP) is -1.27. The lowest BCUT2D eigenvalue weighted by Gasteiger charge is -2.12. The molecule has 0 bridgehead atoms. The number of rotatable bonds is 6. The lowest BCUT2D eigenvalue weighted by atomic mass is 10.4. The molecule has 64 valence electrons. The summed E-state index contributed by atoms with van der Waals surface area (Å²) in [6.45, 7) is -0.461. The van der Waals surface area contributed by atoms with Crippen LogP contribution in [0.2, 0.25) is 0 Å². The molecule has 0 heterocycles. The van der Waals surface area contributed by atoms with Crippen molar-refractivity contribution in [3.63, 3.8) is 0 Å². The minimum Gasteiger partial charge on any atom is -0.393 e. The van der Waals surface area contributed by atoms with Gasteiger partial charge in [0.15, 0.2) is 12.6 Å². The second kappa shape index (κ2) is 5.96. The van der Waals surface area contributed by atoms with Crippen molar-refractivity contribution in [3.8, 4) is 0 Å². The van der Waals surface area contributed by atoms with Gasteiger partial charge in [-0.25, -0.2) is 0 Å². The molecule has 11 heavy (non-hydrogen) atoms. The largest absolute Gasteiger partial charge is 0.393 e. The summed E-state index contributed by atoms with van der Waals surface area (Å²) in [6, 6.07) is 0. The summed E-state index contributed by atoms with van der Waals surface area (Å²) in [5, 5.41) is 8.44. The van der Waals surface area contributed by atoms with Crippen molar-refractivity contribution in [1.82, 2.24) is 0 Å². The number of carbonyl (C=O) groups is 2. The molecule has 0 amide bonds. The molecule has 0 aliphatic carbocycles. The van der Waals surface area contributed by atoms with Crippen LogP contribution in [-0.4, -0.2) is 43.8 Å². The third kappa shape index (κ3) is 3.82. The summed E-state index contributed by atoms with van der Waals surface area (Å²) >= 11 is 0. The second-order valence-corrected chi connectivity index (χ2v) is 1.73. The molecular formula is C6H10O5. The summed E-state index contributed by atoms with van der Waals surface area (Å²) in [5.41, 5.74) is 0. The highest BCUT2D eigenvalue weighted by atomic mass is 16.7. The minimum atomic E-state index is -1.09. The van der Waals surface area contributed by atoms with Crippen LogP contribution in [0.15, 0.2) is 0 Å². The van der Waals surface area contributed by atoms with Gasteiger partial charge in [-0.2, -0.15) is 0 Å². The van der Waals surface area contributed by atoms with Crippen molar-refractivity contribution in [1.29, 1.82) is 0 Å². The Bertz CT molecular complexity index is 110. The molecule has 0 saturated carbocycles. The van der Waals surface area contributed by atoms with Gasteiger partial charge in [0.25, 0.3) is 0 Å². The lowest BCUT2D eigenvalue weighted by Crippen LogP contribution is -2.28. The maximum atomic E-state index is 10.1. The quantitative estimate of drug-likeness (QED) is 0.389. The van der Waals surface area contributed by atoms with Crippen molar-refractivity contribution in [2.24, 2.45) is 0 Å². The van der Waals surface area contributed by atoms with Gasteiger partial charge in [-0.3, -0.25) is 4.79 Å². The van der Waals surface area contributed by atoms with Gasteiger partial charge >= 0.3 is 0 Å². The smallest absolute Gasteiger partial charge is 0.215 e. The Morgan fingerprint density at radius 2 is 2.09 bits per heavy atom. The molecule has 0 aliphatic rings. The number of aldehydes is 2. The van der Waals surface area contributed by atoms with Crippen LogP contribution in [0.4, 0.5) is 0 Å². The minimum absolute atomic E-state index is 0.395. The molecule has 2 unspecified atom stereocenters. The molecule has 5 heteroatoms. The van der Waals surface area contributed by atoms with Crippen molar-refractivity contribution < 1.29 is 24.2 Å². The Balaban J connectivity index is 3.76. The van der Waals surface area contributed by atoms with E-state index in [2.05, 4.69) is 9.47 Å². The number of methoxy groups -OCH3 is 1. The van der Waals surface area contributed by atoms with Gasteiger partial charge in [0.05, 0.1) is 6.61 Å². The summed E-state index contributed by atoms with van der Waals surface area (Å²) in [7, 11) is 1.26.